The van der Waals surface area contributed by atoms with Gasteiger partial charge in [0, 0.05) is 11.3 Å². The topological polar surface area (TPSA) is 46.6 Å². The molecule has 4 nitrogen and oxygen atoms in total. The van der Waals surface area contributed by atoms with E-state index < -0.39 is 16.1 Å². The van der Waals surface area contributed by atoms with Gasteiger partial charge in [-0.1, -0.05) is 37.6 Å². The Morgan fingerprint density at radius 2 is 1.96 bits per heavy atom. The second-order valence-electron chi connectivity index (χ2n) is 5.36. The summed E-state index contributed by atoms with van der Waals surface area (Å²) in [6.45, 7) is 2.10. The van der Waals surface area contributed by atoms with Crippen LogP contribution in [0.15, 0.2) is 64.6 Å². The van der Waals surface area contributed by atoms with Crippen molar-refractivity contribution in [1.82, 2.24) is 4.47 Å². The van der Waals surface area contributed by atoms with E-state index in [2.05, 4.69) is 6.92 Å². The molecule has 0 amide bonds. The van der Waals surface area contributed by atoms with Crippen LogP contribution in [0.2, 0.25) is 0 Å². The van der Waals surface area contributed by atoms with Crippen LogP contribution in [0.1, 0.15) is 37.1 Å². The molecule has 0 fully saturated rings. The first-order chi connectivity index (χ1) is 11.1. The standard InChI is InChI=1S/C17H19NO3S2/c1-2-3-8-14-13-16(17-11-7-12-22-17)18(21-14)23(19,20)15-9-5-4-6-10-15/h4-7,9-13,16H,2-3,8H2,1H3. The molecule has 3 rings (SSSR count). The number of sulfonamides is 1. The molecule has 0 saturated heterocycles. The van der Waals surface area contributed by atoms with E-state index in [1.807, 2.05) is 23.6 Å². The summed E-state index contributed by atoms with van der Waals surface area (Å²) in [4.78, 5) is 6.93. The van der Waals surface area contributed by atoms with Crippen molar-refractivity contribution < 1.29 is 13.3 Å². The lowest BCUT2D eigenvalue weighted by Crippen LogP contribution is -2.30. The molecule has 0 bridgehead atoms. The van der Waals surface area contributed by atoms with Crippen molar-refractivity contribution in [1.29, 1.82) is 0 Å². The molecule has 1 aromatic carbocycles. The van der Waals surface area contributed by atoms with Crippen LogP contribution >= 0.6 is 11.3 Å². The number of hydrogen-bond donors (Lipinski definition) is 0. The number of nitrogens with zero attached hydrogens (tertiary/aromatic N) is 1. The summed E-state index contributed by atoms with van der Waals surface area (Å²) >= 11 is 1.53. The Morgan fingerprint density at radius 1 is 1.17 bits per heavy atom. The molecule has 23 heavy (non-hydrogen) atoms. The lowest BCUT2D eigenvalue weighted by Gasteiger charge is -2.22. The van der Waals surface area contributed by atoms with Gasteiger partial charge in [0.05, 0.1) is 4.90 Å². The van der Waals surface area contributed by atoms with Gasteiger partial charge in [0.2, 0.25) is 0 Å². The first kappa shape index (κ1) is 16.2. The second-order valence-corrected chi connectivity index (χ2v) is 8.12. The molecular weight excluding hydrogens is 330 g/mol. The summed E-state index contributed by atoms with van der Waals surface area (Å²) in [5.41, 5.74) is 0. The minimum Gasteiger partial charge on any atom is -0.395 e. The average molecular weight is 349 g/mol. The highest BCUT2D eigenvalue weighted by Crippen LogP contribution is 2.39. The maximum atomic E-state index is 12.9. The zero-order valence-electron chi connectivity index (χ0n) is 12.9. The van der Waals surface area contributed by atoms with Crippen molar-refractivity contribution in [3.63, 3.8) is 0 Å². The van der Waals surface area contributed by atoms with E-state index in [0.29, 0.717) is 0 Å². The third kappa shape index (κ3) is 3.34. The van der Waals surface area contributed by atoms with E-state index in [1.54, 1.807) is 30.3 Å². The molecule has 0 aliphatic carbocycles. The first-order valence-corrected chi connectivity index (χ1v) is 9.96. The number of hydrogen-bond acceptors (Lipinski definition) is 4. The van der Waals surface area contributed by atoms with E-state index in [0.717, 1.165) is 34.4 Å². The summed E-state index contributed by atoms with van der Waals surface area (Å²) in [7, 11) is -3.71. The van der Waals surface area contributed by atoms with Gasteiger partial charge in [-0.3, -0.25) is 0 Å². The zero-order valence-corrected chi connectivity index (χ0v) is 14.5. The quantitative estimate of drug-likeness (QED) is 0.771. The molecule has 2 aromatic rings. The monoisotopic (exact) mass is 349 g/mol. The molecule has 1 aliphatic rings. The fourth-order valence-corrected chi connectivity index (χ4v) is 4.68. The van der Waals surface area contributed by atoms with Crippen molar-refractivity contribution in [2.24, 2.45) is 0 Å². The minimum absolute atomic E-state index is 0.242. The van der Waals surface area contributed by atoms with Gasteiger partial charge in [-0.05, 0) is 40.5 Å². The van der Waals surface area contributed by atoms with E-state index in [-0.39, 0.29) is 4.90 Å². The molecule has 0 spiro atoms. The Morgan fingerprint density at radius 3 is 2.61 bits per heavy atom. The molecule has 0 N–H and O–H groups in total. The summed E-state index contributed by atoms with van der Waals surface area (Å²) < 4.78 is 27.0. The maximum Gasteiger partial charge on any atom is 0.274 e. The highest BCUT2D eigenvalue weighted by molar-refractivity contribution is 7.89. The van der Waals surface area contributed by atoms with Gasteiger partial charge in [0.1, 0.15) is 11.8 Å². The van der Waals surface area contributed by atoms with Crippen LogP contribution in [0.4, 0.5) is 0 Å². The number of unbranched alkanes of at least 4 members (excludes halogenated alkanes) is 1. The Hall–Kier alpha value is -1.63. The van der Waals surface area contributed by atoms with Crippen LogP contribution in [-0.2, 0) is 14.9 Å². The zero-order chi connectivity index (χ0) is 16.3. The van der Waals surface area contributed by atoms with Crippen LogP contribution < -0.4 is 0 Å². The largest absolute Gasteiger partial charge is 0.395 e. The second kappa shape index (κ2) is 6.86. The van der Waals surface area contributed by atoms with Crippen molar-refractivity contribution >= 4 is 21.4 Å². The Kier molecular flexibility index (Phi) is 4.84. The lowest BCUT2D eigenvalue weighted by atomic mass is 10.2. The number of rotatable bonds is 6. The van der Waals surface area contributed by atoms with Gasteiger partial charge >= 0.3 is 0 Å². The molecule has 0 saturated carbocycles. The summed E-state index contributed by atoms with van der Waals surface area (Å²) in [6, 6.07) is 11.9. The van der Waals surface area contributed by atoms with E-state index in [9.17, 15) is 8.42 Å². The molecule has 1 atom stereocenters. The smallest absolute Gasteiger partial charge is 0.274 e. The van der Waals surface area contributed by atoms with E-state index in [1.165, 1.54) is 11.3 Å². The van der Waals surface area contributed by atoms with Gasteiger partial charge in [-0.2, -0.15) is 0 Å². The SMILES string of the molecule is CCCCC1=CC(c2cccs2)N(S(=O)(=O)c2ccccc2)O1. The fraction of sp³-hybridized carbons (Fsp3) is 0.294. The lowest BCUT2D eigenvalue weighted by molar-refractivity contribution is -0.0347. The molecule has 1 aliphatic heterocycles. The van der Waals surface area contributed by atoms with Crippen LogP contribution in [0.3, 0.4) is 0 Å². The number of benzene rings is 1. The average Bonchev–Trinajstić information content (AvgIpc) is 3.23. The normalized spacial score (nSPS) is 18.7. The highest BCUT2D eigenvalue weighted by atomic mass is 32.2. The Bertz CT molecular complexity index is 767. The first-order valence-electron chi connectivity index (χ1n) is 7.64. The van der Waals surface area contributed by atoms with Gasteiger partial charge in [0.25, 0.3) is 10.0 Å². The van der Waals surface area contributed by atoms with Crippen molar-refractivity contribution in [2.75, 3.05) is 0 Å². The molecule has 2 heterocycles. The van der Waals surface area contributed by atoms with Crippen LogP contribution in [0.25, 0.3) is 0 Å². The predicted molar refractivity (Wildman–Crippen MR) is 91.2 cm³/mol. The Balaban J connectivity index is 1.94. The molecule has 0 radical (unpaired) electrons. The fourth-order valence-electron chi connectivity index (χ4n) is 2.46. The number of allylic oxidation sites excluding steroid dienone is 1. The molecule has 1 unspecified atom stereocenters. The van der Waals surface area contributed by atoms with Crippen LogP contribution in [0, 0.1) is 0 Å². The van der Waals surface area contributed by atoms with Crippen molar-refractivity contribution in [3.8, 4) is 0 Å². The van der Waals surface area contributed by atoms with E-state index in [4.69, 9.17) is 4.84 Å². The predicted octanol–water partition coefficient (Wildman–Crippen LogP) is 4.50. The summed E-state index contributed by atoms with van der Waals surface area (Å²) in [6.07, 6.45) is 4.68. The van der Waals surface area contributed by atoms with Crippen molar-refractivity contribution in [2.45, 2.75) is 37.1 Å². The highest BCUT2D eigenvalue weighted by Gasteiger charge is 2.39. The molecule has 6 heteroatoms. The van der Waals surface area contributed by atoms with E-state index >= 15 is 0 Å². The van der Waals surface area contributed by atoms with Gasteiger partial charge in [-0.15, -0.1) is 11.3 Å². The minimum atomic E-state index is -3.71. The third-order valence-corrected chi connectivity index (χ3v) is 6.25. The van der Waals surface area contributed by atoms with Crippen LogP contribution in [0.5, 0.6) is 0 Å². The van der Waals surface area contributed by atoms with Crippen LogP contribution in [-0.4, -0.2) is 12.9 Å². The molecular formula is C17H19NO3S2. The van der Waals surface area contributed by atoms with Crippen molar-refractivity contribution in [3.05, 3.63) is 64.6 Å². The van der Waals surface area contributed by atoms with Gasteiger partial charge in [-0.25, -0.2) is 8.42 Å². The maximum absolute atomic E-state index is 12.9. The Labute approximate surface area is 141 Å². The number of thiophene rings is 1. The summed E-state index contributed by atoms with van der Waals surface area (Å²) in [5, 5.41) is 1.94. The third-order valence-electron chi connectivity index (χ3n) is 3.67. The van der Waals surface area contributed by atoms with Gasteiger partial charge in [0.15, 0.2) is 0 Å². The molecule has 1 aromatic heterocycles. The number of hydroxylamine groups is 1. The van der Waals surface area contributed by atoms with Gasteiger partial charge < -0.3 is 4.84 Å². The summed E-state index contributed by atoms with van der Waals surface area (Å²) in [5.74, 6) is 0.727. The molecule has 122 valence electrons.